The summed E-state index contributed by atoms with van der Waals surface area (Å²) in [5, 5.41) is 7.06. The molecule has 1 aromatic carbocycles. The monoisotopic (exact) mass is 546 g/mol. The fraction of sp³-hybridized carbons (Fsp3) is 0.708. The zero-order chi connectivity index (χ0) is 21.9. The van der Waals surface area contributed by atoms with Crippen molar-refractivity contribution in [2.75, 3.05) is 46.4 Å². The fourth-order valence-electron chi connectivity index (χ4n) is 4.06. The second-order valence-electron chi connectivity index (χ2n) is 8.55. The topological polar surface area (TPSA) is 58.1 Å². The largest absolute Gasteiger partial charge is 0.490 e. The lowest BCUT2D eigenvalue weighted by atomic mass is 9.97. The van der Waals surface area contributed by atoms with Gasteiger partial charge in [0.1, 0.15) is 0 Å². The van der Waals surface area contributed by atoms with Gasteiger partial charge >= 0.3 is 0 Å². The number of nitrogens with zero attached hydrogens (tertiary/aromatic N) is 2. The van der Waals surface area contributed by atoms with Gasteiger partial charge in [-0.25, -0.2) is 0 Å². The molecular weight excluding hydrogens is 503 g/mol. The molecule has 1 saturated heterocycles. The van der Waals surface area contributed by atoms with E-state index in [4.69, 9.17) is 9.47 Å². The van der Waals surface area contributed by atoms with E-state index in [1.54, 1.807) is 0 Å². The molecule has 1 heterocycles. The molecular formula is C24H43IN4O2. The van der Waals surface area contributed by atoms with E-state index < -0.39 is 0 Å². The number of hydrogen-bond acceptors (Lipinski definition) is 4. The molecule has 0 aliphatic carbocycles. The number of likely N-dealkylation sites (tertiary alicyclic amines) is 1. The first kappa shape index (κ1) is 27.8. The highest BCUT2D eigenvalue weighted by molar-refractivity contribution is 14.0. The van der Waals surface area contributed by atoms with Crippen LogP contribution in [0.3, 0.4) is 0 Å². The van der Waals surface area contributed by atoms with Crippen LogP contribution in [0.15, 0.2) is 23.2 Å². The molecule has 1 aromatic rings. The van der Waals surface area contributed by atoms with Crippen molar-refractivity contribution in [1.29, 1.82) is 0 Å². The van der Waals surface area contributed by atoms with Crippen LogP contribution in [0.4, 0.5) is 0 Å². The van der Waals surface area contributed by atoms with Crippen LogP contribution in [0.5, 0.6) is 11.5 Å². The molecule has 1 aliphatic heterocycles. The average molecular weight is 547 g/mol. The minimum atomic E-state index is 0. The van der Waals surface area contributed by atoms with Gasteiger partial charge in [-0.2, -0.15) is 0 Å². The summed E-state index contributed by atoms with van der Waals surface area (Å²) >= 11 is 0. The number of benzene rings is 1. The van der Waals surface area contributed by atoms with E-state index in [0.29, 0.717) is 19.1 Å². The number of hydrogen-bond donors (Lipinski definition) is 2. The molecule has 7 heteroatoms. The van der Waals surface area contributed by atoms with Crippen LogP contribution in [-0.2, 0) is 0 Å². The van der Waals surface area contributed by atoms with E-state index in [9.17, 15) is 0 Å². The molecule has 2 N–H and O–H groups in total. The first-order valence-corrected chi connectivity index (χ1v) is 11.6. The second-order valence-corrected chi connectivity index (χ2v) is 8.55. The van der Waals surface area contributed by atoms with Gasteiger partial charge in [-0.3, -0.25) is 4.99 Å². The summed E-state index contributed by atoms with van der Waals surface area (Å²) in [6, 6.07) is 6.24. The highest BCUT2D eigenvalue weighted by Crippen LogP contribution is 2.30. The third-order valence-electron chi connectivity index (χ3n) is 5.43. The summed E-state index contributed by atoms with van der Waals surface area (Å²) < 4.78 is 11.5. The quantitative estimate of drug-likeness (QED) is 0.253. The zero-order valence-corrected chi connectivity index (χ0v) is 22.6. The van der Waals surface area contributed by atoms with Gasteiger partial charge in [-0.15, -0.1) is 24.0 Å². The Morgan fingerprint density at radius 3 is 2.52 bits per heavy atom. The standard InChI is InChI=1S/C24H42N4O2.HI/c1-7-29-22-12-11-21(14-23(22)30-8-2)19(5)27-24(25-6)26-15-20-10-9-13-28(17-20)16-18(3)4;/h11-12,14,18-20H,7-10,13,15-17H2,1-6H3,(H2,25,26,27);1H. The molecule has 6 nitrogen and oxygen atoms in total. The number of aliphatic imine (C=N–C) groups is 1. The predicted molar refractivity (Wildman–Crippen MR) is 141 cm³/mol. The van der Waals surface area contributed by atoms with Crippen molar-refractivity contribution >= 4 is 29.9 Å². The number of guanidine groups is 1. The van der Waals surface area contributed by atoms with Gasteiger partial charge in [0.2, 0.25) is 0 Å². The second kappa shape index (κ2) is 14.8. The molecule has 178 valence electrons. The van der Waals surface area contributed by atoms with E-state index in [1.165, 1.54) is 32.5 Å². The van der Waals surface area contributed by atoms with Crippen LogP contribution < -0.4 is 20.1 Å². The number of rotatable bonds is 10. The van der Waals surface area contributed by atoms with E-state index in [-0.39, 0.29) is 30.0 Å². The SMILES string of the molecule is CCOc1ccc(C(C)NC(=NC)NCC2CCCN(CC(C)C)C2)cc1OCC.I. The normalized spacial score (nSPS) is 18.3. The van der Waals surface area contributed by atoms with Crippen LogP contribution >= 0.6 is 24.0 Å². The van der Waals surface area contributed by atoms with E-state index in [1.807, 2.05) is 27.0 Å². The van der Waals surface area contributed by atoms with Gasteiger partial charge in [0.15, 0.2) is 17.5 Å². The van der Waals surface area contributed by atoms with Crippen molar-refractivity contribution < 1.29 is 9.47 Å². The van der Waals surface area contributed by atoms with Crippen LogP contribution in [0, 0.1) is 11.8 Å². The Labute approximate surface area is 206 Å². The Kier molecular flexibility index (Phi) is 13.3. The molecule has 1 fully saturated rings. The van der Waals surface area contributed by atoms with Crippen molar-refractivity contribution in [2.24, 2.45) is 16.8 Å². The van der Waals surface area contributed by atoms with Gasteiger partial charge < -0.3 is 25.0 Å². The highest BCUT2D eigenvalue weighted by atomic mass is 127. The van der Waals surface area contributed by atoms with Gasteiger partial charge in [-0.05, 0) is 69.7 Å². The Morgan fingerprint density at radius 2 is 1.87 bits per heavy atom. The van der Waals surface area contributed by atoms with Gasteiger partial charge in [0.05, 0.1) is 19.3 Å². The third kappa shape index (κ3) is 9.43. The first-order chi connectivity index (χ1) is 14.5. The fourth-order valence-corrected chi connectivity index (χ4v) is 4.06. The lowest BCUT2D eigenvalue weighted by Crippen LogP contribution is -2.45. The summed E-state index contributed by atoms with van der Waals surface area (Å²) in [7, 11) is 1.83. The third-order valence-corrected chi connectivity index (χ3v) is 5.43. The first-order valence-electron chi connectivity index (χ1n) is 11.6. The molecule has 2 unspecified atom stereocenters. The molecule has 0 radical (unpaired) electrons. The van der Waals surface area contributed by atoms with E-state index >= 15 is 0 Å². The van der Waals surface area contributed by atoms with Crippen LogP contribution in [-0.4, -0.2) is 57.3 Å². The maximum Gasteiger partial charge on any atom is 0.191 e. The molecule has 0 amide bonds. The number of piperidine rings is 1. The van der Waals surface area contributed by atoms with Gasteiger partial charge in [0, 0.05) is 26.7 Å². The van der Waals surface area contributed by atoms with Crippen LogP contribution in [0.1, 0.15) is 59.1 Å². The summed E-state index contributed by atoms with van der Waals surface area (Å²) in [5.74, 6) is 3.82. The average Bonchev–Trinajstić information content (AvgIpc) is 2.72. The van der Waals surface area contributed by atoms with E-state index in [0.717, 1.165) is 35.5 Å². The Bertz CT molecular complexity index is 669. The molecule has 0 aromatic heterocycles. The smallest absolute Gasteiger partial charge is 0.191 e. The Morgan fingerprint density at radius 1 is 1.16 bits per heavy atom. The molecule has 31 heavy (non-hydrogen) atoms. The molecule has 0 saturated carbocycles. The number of ether oxygens (including phenoxy) is 2. The minimum absolute atomic E-state index is 0. The van der Waals surface area contributed by atoms with Crippen LogP contribution in [0.2, 0.25) is 0 Å². The van der Waals surface area contributed by atoms with Gasteiger partial charge in [0.25, 0.3) is 0 Å². The predicted octanol–water partition coefficient (Wildman–Crippen LogP) is 4.70. The molecule has 0 bridgehead atoms. The number of nitrogens with one attached hydrogen (secondary N) is 2. The van der Waals surface area contributed by atoms with Crippen molar-refractivity contribution in [3.8, 4) is 11.5 Å². The van der Waals surface area contributed by atoms with Crippen molar-refractivity contribution in [3.63, 3.8) is 0 Å². The van der Waals surface area contributed by atoms with Crippen molar-refractivity contribution in [1.82, 2.24) is 15.5 Å². The lowest BCUT2D eigenvalue weighted by molar-refractivity contribution is 0.159. The summed E-state index contributed by atoms with van der Waals surface area (Å²) in [4.78, 5) is 7.04. The maximum absolute atomic E-state index is 5.77. The van der Waals surface area contributed by atoms with E-state index in [2.05, 4.69) is 53.4 Å². The van der Waals surface area contributed by atoms with Gasteiger partial charge in [-0.1, -0.05) is 19.9 Å². The van der Waals surface area contributed by atoms with Crippen molar-refractivity contribution in [3.05, 3.63) is 23.8 Å². The van der Waals surface area contributed by atoms with Crippen molar-refractivity contribution in [2.45, 2.75) is 53.5 Å². The highest BCUT2D eigenvalue weighted by Gasteiger charge is 2.21. The molecule has 0 spiro atoms. The minimum Gasteiger partial charge on any atom is -0.490 e. The molecule has 2 atom stereocenters. The Balaban J connectivity index is 0.00000480. The summed E-state index contributed by atoms with van der Waals surface area (Å²) in [6.07, 6.45) is 2.57. The Hall–Kier alpha value is -1.22. The summed E-state index contributed by atoms with van der Waals surface area (Å²) in [6.45, 7) is 16.5. The lowest BCUT2D eigenvalue weighted by Gasteiger charge is -2.34. The molecule has 1 aliphatic rings. The zero-order valence-electron chi connectivity index (χ0n) is 20.2. The maximum atomic E-state index is 5.77. The summed E-state index contributed by atoms with van der Waals surface area (Å²) in [5.41, 5.74) is 1.14. The molecule has 2 rings (SSSR count). The van der Waals surface area contributed by atoms with Crippen LogP contribution in [0.25, 0.3) is 0 Å². The number of halogens is 1.